The Hall–Kier alpha value is -2.41. The van der Waals surface area contributed by atoms with Crippen LogP contribution < -0.4 is 10.1 Å². The van der Waals surface area contributed by atoms with Gasteiger partial charge in [-0.15, -0.1) is 0 Å². The smallest absolute Gasteiger partial charge is 0.261 e. The van der Waals surface area contributed by atoms with Crippen LogP contribution in [0.4, 0.5) is 4.39 Å². The van der Waals surface area contributed by atoms with Gasteiger partial charge in [0.1, 0.15) is 6.04 Å². The van der Waals surface area contributed by atoms with E-state index in [0.29, 0.717) is 17.6 Å². The number of piperazine rings is 1. The highest BCUT2D eigenvalue weighted by Gasteiger charge is 2.34. The molecule has 0 unspecified atom stereocenters. The average Bonchev–Trinajstić information content (AvgIpc) is 2.61. The number of hydrogen-bond acceptors (Lipinski definition) is 3. The maximum absolute atomic E-state index is 13.8. The van der Waals surface area contributed by atoms with Crippen LogP contribution in [0.3, 0.4) is 0 Å². The number of amides is 2. The Kier molecular flexibility index (Phi) is 5.33. The number of carbonyl (C=O) groups excluding carboxylic acids is 2. The third-order valence-electron chi connectivity index (χ3n) is 3.89. The van der Waals surface area contributed by atoms with Crippen LogP contribution in [-0.4, -0.2) is 36.4 Å². The zero-order chi connectivity index (χ0) is 17.8. The Bertz CT molecular complexity index is 785. The van der Waals surface area contributed by atoms with Crippen LogP contribution in [0.15, 0.2) is 53.0 Å². The van der Waals surface area contributed by atoms with Crippen molar-refractivity contribution in [2.45, 2.75) is 6.04 Å². The molecular formula is C18H16BrFN2O3. The fourth-order valence-electron chi connectivity index (χ4n) is 2.72. The lowest BCUT2D eigenvalue weighted by molar-refractivity contribution is -0.145. The molecule has 1 saturated heterocycles. The molecule has 130 valence electrons. The molecule has 0 saturated carbocycles. The molecule has 1 aliphatic heterocycles. The minimum absolute atomic E-state index is 0.00530. The van der Waals surface area contributed by atoms with Gasteiger partial charge in [-0.1, -0.05) is 46.3 Å². The SMILES string of the molecule is O=C1NCCN(C(=O)COc2ccc(Br)cc2F)[C@H]1c1ccccc1. The summed E-state index contributed by atoms with van der Waals surface area (Å²) in [6.45, 7) is 0.409. The van der Waals surface area contributed by atoms with Crippen molar-refractivity contribution in [2.75, 3.05) is 19.7 Å². The maximum Gasteiger partial charge on any atom is 0.261 e. The van der Waals surface area contributed by atoms with Gasteiger partial charge in [0.05, 0.1) is 0 Å². The summed E-state index contributed by atoms with van der Waals surface area (Å²) in [4.78, 5) is 26.3. The van der Waals surface area contributed by atoms with E-state index in [4.69, 9.17) is 4.74 Å². The van der Waals surface area contributed by atoms with Gasteiger partial charge < -0.3 is 15.0 Å². The van der Waals surface area contributed by atoms with Crippen molar-refractivity contribution >= 4 is 27.7 Å². The van der Waals surface area contributed by atoms with E-state index in [0.717, 1.165) is 5.56 Å². The second kappa shape index (κ2) is 7.65. The molecule has 0 aliphatic carbocycles. The number of nitrogens with one attached hydrogen (secondary N) is 1. The molecule has 0 bridgehead atoms. The molecule has 3 rings (SSSR count). The molecule has 0 spiro atoms. The van der Waals surface area contributed by atoms with E-state index < -0.39 is 11.9 Å². The van der Waals surface area contributed by atoms with Crippen molar-refractivity contribution in [1.82, 2.24) is 10.2 Å². The average molecular weight is 407 g/mol. The lowest BCUT2D eigenvalue weighted by atomic mass is 10.0. The molecule has 2 aromatic rings. The fourth-order valence-corrected chi connectivity index (χ4v) is 3.05. The second-order valence-electron chi connectivity index (χ2n) is 5.55. The Balaban J connectivity index is 1.74. The molecule has 5 nitrogen and oxygen atoms in total. The largest absolute Gasteiger partial charge is 0.481 e. The normalized spacial score (nSPS) is 17.1. The molecule has 1 atom stereocenters. The van der Waals surface area contributed by atoms with E-state index in [2.05, 4.69) is 21.2 Å². The number of benzene rings is 2. The van der Waals surface area contributed by atoms with Crippen molar-refractivity contribution in [3.63, 3.8) is 0 Å². The molecular weight excluding hydrogens is 391 g/mol. The van der Waals surface area contributed by atoms with Crippen molar-refractivity contribution in [3.05, 3.63) is 64.4 Å². The second-order valence-corrected chi connectivity index (χ2v) is 6.47. The molecule has 0 radical (unpaired) electrons. The summed E-state index contributed by atoms with van der Waals surface area (Å²) >= 11 is 3.16. The third kappa shape index (κ3) is 3.99. The molecule has 1 N–H and O–H groups in total. The lowest BCUT2D eigenvalue weighted by Gasteiger charge is -2.35. The number of nitrogens with zero attached hydrogens (tertiary/aromatic N) is 1. The van der Waals surface area contributed by atoms with Gasteiger partial charge in [-0.3, -0.25) is 9.59 Å². The van der Waals surface area contributed by atoms with Gasteiger partial charge in [-0.05, 0) is 23.8 Å². The van der Waals surface area contributed by atoms with Gasteiger partial charge in [-0.2, -0.15) is 0 Å². The van der Waals surface area contributed by atoms with Crippen LogP contribution in [-0.2, 0) is 9.59 Å². The fraction of sp³-hybridized carbons (Fsp3) is 0.222. The number of hydrogen-bond donors (Lipinski definition) is 1. The van der Waals surface area contributed by atoms with Crippen LogP contribution in [0, 0.1) is 5.82 Å². The molecule has 1 aliphatic rings. The Morgan fingerprint density at radius 2 is 2.04 bits per heavy atom. The van der Waals surface area contributed by atoms with Gasteiger partial charge in [0.2, 0.25) is 5.91 Å². The van der Waals surface area contributed by atoms with Gasteiger partial charge in [0.25, 0.3) is 5.91 Å². The highest BCUT2D eigenvalue weighted by Crippen LogP contribution is 2.24. The standard InChI is InChI=1S/C18H16BrFN2O3/c19-13-6-7-15(14(20)10-13)25-11-16(23)22-9-8-21-18(24)17(22)12-4-2-1-3-5-12/h1-7,10,17H,8-9,11H2,(H,21,24)/t17-/m0/s1. The van der Waals surface area contributed by atoms with E-state index >= 15 is 0 Å². The summed E-state index contributed by atoms with van der Waals surface area (Å²) in [5.41, 5.74) is 0.725. The van der Waals surface area contributed by atoms with Crippen molar-refractivity contribution in [2.24, 2.45) is 0 Å². The van der Waals surface area contributed by atoms with E-state index in [-0.39, 0.29) is 24.2 Å². The highest BCUT2D eigenvalue weighted by molar-refractivity contribution is 9.10. The zero-order valence-corrected chi connectivity index (χ0v) is 14.8. The number of carbonyl (C=O) groups is 2. The Morgan fingerprint density at radius 1 is 1.28 bits per heavy atom. The number of ether oxygens (including phenoxy) is 1. The lowest BCUT2D eigenvalue weighted by Crippen LogP contribution is -2.53. The van der Waals surface area contributed by atoms with Crippen molar-refractivity contribution in [3.8, 4) is 5.75 Å². The van der Waals surface area contributed by atoms with Crippen LogP contribution in [0.1, 0.15) is 11.6 Å². The Morgan fingerprint density at radius 3 is 2.76 bits per heavy atom. The quantitative estimate of drug-likeness (QED) is 0.848. The molecule has 2 aromatic carbocycles. The minimum atomic E-state index is -0.708. The first-order valence-electron chi connectivity index (χ1n) is 7.76. The molecule has 7 heteroatoms. The van der Waals surface area contributed by atoms with E-state index in [1.165, 1.54) is 17.0 Å². The first-order chi connectivity index (χ1) is 12.1. The first kappa shape index (κ1) is 17.4. The van der Waals surface area contributed by atoms with Crippen LogP contribution in [0.2, 0.25) is 0 Å². The number of halogens is 2. The van der Waals surface area contributed by atoms with Gasteiger partial charge in [0.15, 0.2) is 18.2 Å². The summed E-state index contributed by atoms with van der Waals surface area (Å²) < 4.78 is 19.7. The molecule has 1 heterocycles. The van der Waals surface area contributed by atoms with Crippen LogP contribution in [0.5, 0.6) is 5.75 Å². The molecule has 25 heavy (non-hydrogen) atoms. The van der Waals surface area contributed by atoms with E-state index in [9.17, 15) is 14.0 Å². The van der Waals surface area contributed by atoms with Crippen molar-refractivity contribution in [1.29, 1.82) is 0 Å². The van der Waals surface area contributed by atoms with Crippen LogP contribution >= 0.6 is 15.9 Å². The minimum Gasteiger partial charge on any atom is -0.481 e. The van der Waals surface area contributed by atoms with E-state index in [1.807, 2.05) is 18.2 Å². The summed E-state index contributed by atoms with van der Waals surface area (Å²) in [6.07, 6.45) is 0. The van der Waals surface area contributed by atoms with E-state index in [1.54, 1.807) is 18.2 Å². The summed E-state index contributed by atoms with van der Waals surface area (Å²) in [7, 11) is 0. The van der Waals surface area contributed by atoms with Gasteiger partial charge in [0, 0.05) is 17.6 Å². The monoisotopic (exact) mass is 406 g/mol. The Labute approximate surface area is 152 Å². The zero-order valence-electron chi connectivity index (χ0n) is 13.2. The maximum atomic E-state index is 13.8. The molecule has 2 amide bonds. The van der Waals surface area contributed by atoms with Crippen LogP contribution in [0.25, 0.3) is 0 Å². The topological polar surface area (TPSA) is 58.6 Å². The molecule has 1 fully saturated rings. The third-order valence-corrected chi connectivity index (χ3v) is 4.39. The summed E-state index contributed by atoms with van der Waals surface area (Å²) in [6, 6.07) is 12.7. The summed E-state index contributed by atoms with van der Waals surface area (Å²) in [5, 5.41) is 2.77. The predicted molar refractivity (Wildman–Crippen MR) is 93.5 cm³/mol. The predicted octanol–water partition coefficient (Wildman–Crippen LogP) is 2.67. The number of rotatable bonds is 4. The van der Waals surface area contributed by atoms with Crippen molar-refractivity contribution < 1.29 is 18.7 Å². The first-order valence-corrected chi connectivity index (χ1v) is 8.55. The summed E-state index contributed by atoms with van der Waals surface area (Å²) in [5.74, 6) is -1.17. The van der Waals surface area contributed by atoms with Gasteiger partial charge in [-0.25, -0.2) is 4.39 Å². The van der Waals surface area contributed by atoms with Gasteiger partial charge >= 0.3 is 0 Å². The molecule has 0 aromatic heterocycles. The highest BCUT2D eigenvalue weighted by atomic mass is 79.9.